The Morgan fingerprint density at radius 3 is 2.41 bits per heavy atom. The van der Waals surface area contributed by atoms with Crippen LogP contribution in [-0.4, -0.2) is 13.1 Å². The molecule has 0 saturated carbocycles. The zero-order valence-electron chi connectivity index (χ0n) is 11.4. The van der Waals surface area contributed by atoms with Gasteiger partial charge < -0.3 is 4.74 Å². The van der Waals surface area contributed by atoms with E-state index in [0.717, 1.165) is 12.0 Å². The minimum atomic E-state index is -0.138. The van der Waals surface area contributed by atoms with Crippen molar-refractivity contribution < 1.29 is 9.53 Å². The lowest BCUT2D eigenvalue weighted by Crippen LogP contribution is -2.17. The molecular weight excluding hydrogens is 212 g/mol. The van der Waals surface area contributed by atoms with Crippen LogP contribution >= 0.6 is 0 Å². The third kappa shape index (κ3) is 3.58. The minimum Gasteiger partial charge on any atom is -0.469 e. The van der Waals surface area contributed by atoms with Crippen molar-refractivity contribution in [2.24, 2.45) is 5.92 Å². The summed E-state index contributed by atoms with van der Waals surface area (Å²) in [5.41, 5.74) is 3.48. The van der Waals surface area contributed by atoms with Gasteiger partial charge >= 0.3 is 5.97 Å². The predicted octanol–water partition coefficient (Wildman–Crippen LogP) is 3.61. The summed E-state index contributed by atoms with van der Waals surface area (Å²) in [6.07, 6.45) is 0.830. The van der Waals surface area contributed by atoms with E-state index < -0.39 is 0 Å². The second-order valence-corrected chi connectivity index (χ2v) is 5.07. The van der Waals surface area contributed by atoms with E-state index in [9.17, 15) is 4.79 Å². The fraction of sp³-hybridized carbons (Fsp3) is 0.533. The molecule has 0 amide bonds. The van der Waals surface area contributed by atoms with Gasteiger partial charge in [-0.25, -0.2) is 0 Å². The molecule has 0 aliphatic heterocycles. The van der Waals surface area contributed by atoms with Crippen molar-refractivity contribution in [1.29, 1.82) is 0 Å². The highest BCUT2D eigenvalue weighted by molar-refractivity contribution is 5.78. The number of carbonyl (C=O) groups is 1. The van der Waals surface area contributed by atoms with Gasteiger partial charge in [0.15, 0.2) is 0 Å². The average molecular weight is 234 g/mol. The summed E-state index contributed by atoms with van der Waals surface area (Å²) in [7, 11) is 1.46. The van der Waals surface area contributed by atoms with Gasteiger partial charge in [0.25, 0.3) is 0 Å². The Morgan fingerprint density at radius 1 is 1.29 bits per heavy atom. The molecule has 1 rings (SSSR count). The first-order valence-electron chi connectivity index (χ1n) is 6.10. The van der Waals surface area contributed by atoms with Crippen molar-refractivity contribution >= 4 is 5.97 Å². The first kappa shape index (κ1) is 13.8. The van der Waals surface area contributed by atoms with E-state index in [-0.39, 0.29) is 11.9 Å². The number of rotatable bonds is 4. The molecule has 1 unspecified atom stereocenters. The summed E-state index contributed by atoms with van der Waals surface area (Å²) in [5, 5.41) is 0. The molecule has 94 valence electrons. The van der Waals surface area contributed by atoms with E-state index in [4.69, 9.17) is 4.74 Å². The molecule has 1 atom stereocenters. The molecule has 0 radical (unpaired) electrons. The summed E-state index contributed by atoms with van der Waals surface area (Å²) in [5.74, 6) is 0.200. The van der Waals surface area contributed by atoms with Crippen LogP contribution in [0.4, 0.5) is 0 Å². The van der Waals surface area contributed by atoms with Gasteiger partial charge in [0.1, 0.15) is 0 Å². The molecule has 0 aliphatic rings. The highest BCUT2D eigenvalue weighted by Gasteiger charge is 2.23. The molecule has 0 saturated heterocycles. The van der Waals surface area contributed by atoms with Crippen molar-refractivity contribution in [2.45, 2.75) is 40.0 Å². The Labute approximate surface area is 104 Å². The lowest BCUT2D eigenvalue weighted by Gasteiger charge is -2.19. The summed E-state index contributed by atoms with van der Waals surface area (Å²) < 4.78 is 4.91. The fourth-order valence-electron chi connectivity index (χ4n) is 2.18. The van der Waals surface area contributed by atoms with Crippen molar-refractivity contribution in [3.63, 3.8) is 0 Å². The maximum atomic E-state index is 11.9. The minimum absolute atomic E-state index is 0.134. The third-order valence-electron chi connectivity index (χ3n) is 2.99. The van der Waals surface area contributed by atoms with Crippen molar-refractivity contribution in [2.75, 3.05) is 7.11 Å². The number of methoxy groups -OCH3 is 1. The van der Waals surface area contributed by atoms with E-state index >= 15 is 0 Å². The highest BCUT2D eigenvalue weighted by Crippen LogP contribution is 2.28. The zero-order valence-corrected chi connectivity index (χ0v) is 11.4. The molecule has 0 fully saturated rings. The molecule has 2 nitrogen and oxygen atoms in total. The second-order valence-electron chi connectivity index (χ2n) is 5.07. The fourth-order valence-corrected chi connectivity index (χ4v) is 2.18. The lowest BCUT2D eigenvalue weighted by atomic mass is 9.87. The van der Waals surface area contributed by atoms with Gasteiger partial charge in [-0.1, -0.05) is 37.6 Å². The largest absolute Gasteiger partial charge is 0.469 e. The molecule has 0 bridgehead atoms. The quantitative estimate of drug-likeness (QED) is 0.744. The maximum absolute atomic E-state index is 11.9. The van der Waals surface area contributed by atoms with E-state index in [1.54, 1.807) is 0 Å². The summed E-state index contributed by atoms with van der Waals surface area (Å²) in [4.78, 5) is 11.9. The van der Waals surface area contributed by atoms with E-state index in [0.29, 0.717) is 5.92 Å². The molecule has 1 aromatic carbocycles. The highest BCUT2D eigenvalue weighted by atomic mass is 16.5. The Hall–Kier alpha value is -1.31. The van der Waals surface area contributed by atoms with E-state index in [1.165, 1.54) is 18.2 Å². The molecular formula is C15H22O2. The molecule has 0 N–H and O–H groups in total. The monoisotopic (exact) mass is 234 g/mol. The van der Waals surface area contributed by atoms with Crippen LogP contribution in [0.1, 0.15) is 42.9 Å². The van der Waals surface area contributed by atoms with Crippen LogP contribution < -0.4 is 0 Å². The number of esters is 1. The van der Waals surface area contributed by atoms with Gasteiger partial charge in [0.2, 0.25) is 0 Å². The number of benzene rings is 1. The number of aryl methyl sites for hydroxylation is 2. The zero-order chi connectivity index (χ0) is 13.0. The summed E-state index contributed by atoms with van der Waals surface area (Å²) in [6, 6.07) is 6.22. The average Bonchev–Trinajstić information content (AvgIpc) is 2.25. The van der Waals surface area contributed by atoms with Crippen LogP contribution in [0.2, 0.25) is 0 Å². The van der Waals surface area contributed by atoms with E-state index in [1.807, 2.05) is 0 Å². The Bertz CT molecular complexity index is 394. The second kappa shape index (κ2) is 5.85. The van der Waals surface area contributed by atoms with Crippen LogP contribution in [0.3, 0.4) is 0 Å². The molecule has 2 heteroatoms. The number of ether oxygens (including phenoxy) is 1. The lowest BCUT2D eigenvalue weighted by molar-refractivity contribution is -0.142. The smallest absolute Gasteiger partial charge is 0.313 e. The molecule has 0 aliphatic carbocycles. The van der Waals surface area contributed by atoms with Crippen LogP contribution in [0, 0.1) is 19.8 Å². The van der Waals surface area contributed by atoms with Gasteiger partial charge in [-0.3, -0.25) is 4.79 Å². The van der Waals surface area contributed by atoms with Crippen LogP contribution in [0.15, 0.2) is 18.2 Å². The van der Waals surface area contributed by atoms with Crippen molar-refractivity contribution in [3.05, 3.63) is 34.9 Å². The SMILES string of the molecule is COC(=O)C(CC(C)C)c1ccc(C)cc1C. The molecule has 1 aromatic rings. The predicted molar refractivity (Wildman–Crippen MR) is 70.1 cm³/mol. The van der Waals surface area contributed by atoms with Gasteiger partial charge in [0, 0.05) is 0 Å². The Balaban J connectivity index is 3.08. The number of hydrogen-bond donors (Lipinski definition) is 0. The Morgan fingerprint density at radius 2 is 1.94 bits per heavy atom. The molecule has 0 heterocycles. The standard InChI is InChI=1S/C15H22O2/c1-10(2)8-14(15(16)17-5)13-7-6-11(3)9-12(13)4/h6-7,9-10,14H,8H2,1-5H3. The molecule has 0 aromatic heterocycles. The van der Waals surface area contributed by atoms with Crippen molar-refractivity contribution in [1.82, 2.24) is 0 Å². The van der Waals surface area contributed by atoms with Gasteiger partial charge in [-0.15, -0.1) is 0 Å². The first-order chi connectivity index (χ1) is 7.95. The van der Waals surface area contributed by atoms with Gasteiger partial charge in [0.05, 0.1) is 13.0 Å². The van der Waals surface area contributed by atoms with Gasteiger partial charge in [-0.2, -0.15) is 0 Å². The van der Waals surface area contributed by atoms with Gasteiger partial charge in [-0.05, 0) is 37.3 Å². The topological polar surface area (TPSA) is 26.3 Å². The first-order valence-corrected chi connectivity index (χ1v) is 6.10. The molecule has 0 spiro atoms. The van der Waals surface area contributed by atoms with Crippen molar-refractivity contribution in [3.8, 4) is 0 Å². The summed E-state index contributed by atoms with van der Waals surface area (Å²) >= 11 is 0. The van der Waals surface area contributed by atoms with E-state index in [2.05, 4.69) is 45.9 Å². The maximum Gasteiger partial charge on any atom is 0.313 e. The normalized spacial score (nSPS) is 12.6. The Kier molecular flexibility index (Phi) is 4.73. The van der Waals surface area contributed by atoms with Crippen LogP contribution in [-0.2, 0) is 9.53 Å². The number of hydrogen-bond acceptors (Lipinski definition) is 2. The summed E-state index contributed by atoms with van der Waals surface area (Å²) in [6.45, 7) is 8.36. The van der Waals surface area contributed by atoms with Crippen LogP contribution in [0.25, 0.3) is 0 Å². The molecule has 17 heavy (non-hydrogen) atoms. The number of carbonyl (C=O) groups excluding carboxylic acids is 1. The van der Waals surface area contributed by atoms with Crippen LogP contribution in [0.5, 0.6) is 0 Å². The third-order valence-corrected chi connectivity index (χ3v) is 2.99.